The van der Waals surface area contributed by atoms with Crippen molar-refractivity contribution in [1.82, 2.24) is 4.98 Å². The van der Waals surface area contributed by atoms with Gasteiger partial charge < -0.3 is 9.84 Å². The number of rotatable bonds is 4. The Balaban J connectivity index is 1.95. The highest BCUT2D eigenvalue weighted by Crippen LogP contribution is 2.12. The van der Waals surface area contributed by atoms with Gasteiger partial charge in [0.2, 0.25) is 5.95 Å². The number of aromatic nitrogens is 1. The molecule has 0 spiro atoms. The van der Waals surface area contributed by atoms with Crippen LogP contribution in [0.15, 0.2) is 42.6 Å². The number of benzene rings is 1. The number of nitrogens with zero attached hydrogens (tertiary/aromatic N) is 1. The van der Waals surface area contributed by atoms with E-state index >= 15 is 0 Å². The van der Waals surface area contributed by atoms with E-state index in [1.165, 1.54) is 18.3 Å². The zero-order valence-electron chi connectivity index (χ0n) is 9.14. The van der Waals surface area contributed by atoms with Crippen LogP contribution >= 0.6 is 0 Å². The lowest BCUT2D eigenvalue weighted by molar-refractivity contribution is 0.281. The Morgan fingerprint density at radius 3 is 2.35 bits per heavy atom. The number of ether oxygens (including phenoxy) is 1. The Morgan fingerprint density at radius 1 is 1.06 bits per heavy atom. The van der Waals surface area contributed by atoms with Crippen LogP contribution in [0.25, 0.3) is 0 Å². The molecule has 1 N–H and O–H groups in total. The Bertz CT molecular complexity index is 468. The topological polar surface area (TPSA) is 42.4 Å². The van der Waals surface area contributed by atoms with E-state index < -0.39 is 5.95 Å². The quantitative estimate of drug-likeness (QED) is 0.824. The fraction of sp³-hybridized carbons (Fsp3) is 0.154. The van der Waals surface area contributed by atoms with E-state index in [-0.39, 0.29) is 6.61 Å². The van der Waals surface area contributed by atoms with Crippen molar-refractivity contribution >= 4 is 0 Å². The van der Waals surface area contributed by atoms with Crippen LogP contribution in [0.2, 0.25) is 0 Å². The lowest BCUT2D eigenvalue weighted by Crippen LogP contribution is -1.96. The first-order chi connectivity index (χ1) is 8.28. The maximum Gasteiger partial charge on any atom is 0.213 e. The fourth-order valence-electron chi connectivity index (χ4n) is 1.36. The number of aliphatic hydroxyl groups is 1. The summed E-state index contributed by atoms with van der Waals surface area (Å²) in [6.45, 7) is 0.419. The normalized spacial score (nSPS) is 10.2. The summed E-state index contributed by atoms with van der Waals surface area (Å²) in [6.07, 6.45) is 1.34. The summed E-state index contributed by atoms with van der Waals surface area (Å²) in [6, 6.07) is 10.2. The van der Waals surface area contributed by atoms with Gasteiger partial charge in [0.1, 0.15) is 12.4 Å². The smallest absolute Gasteiger partial charge is 0.213 e. The van der Waals surface area contributed by atoms with Crippen LogP contribution < -0.4 is 4.74 Å². The minimum absolute atomic E-state index is 0.0308. The van der Waals surface area contributed by atoms with Gasteiger partial charge in [-0.25, -0.2) is 4.98 Å². The summed E-state index contributed by atoms with van der Waals surface area (Å²) < 4.78 is 18.0. The largest absolute Gasteiger partial charge is 0.487 e. The van der Waals surface area contributed by atoms with Crippen molar-refractivity contribution in [2.24, 2.45) is 0 Å². The summed E-state index contributed by atoms with van der Waals surface area (Å²) >= 11 is 0. The molecule has 0 saturated heterocycles. The van der Waals surface area contributed by atoms with E-state index in [4.69, 9.17) is 9.84 Å². The molecule has 0 amide bonds. The van der Waals surface area contributed by atoms with Gasteiger partial charge in [0, 0.05) is 0 Å². The minimum Gasteiger partial charge on any atom is -0.487 e. The minimum atomic E-state index is -0.523. The van der Waals surface area contributed by atoms with Gasteiger partial charge in [-0.05, 0) is 23.3 Å². The molecular weight excluding hydrogens is 221 g/mol. The summed E-state index contributed by atoms with van der Waals surface area (Å²) in [5, 5.41) is 8.89. The van der Waals surface area contributed by atoms with Crippen LogP contribution in [0, 0.1) is 5.95 Å². The van der Waals surface area contributed by atoms with Crippen molar-refractivity contribution in [3.05, 3.63) is 59.7 Å². The van der Waals surface area contributed by atoms with E-state index in [9.17, 15) is 4.39 Å². The summed E-state index contributed by atoms with van der Waals surface area (Å²) in [4.78, 5) is 3.49. The SMILES string of the molecule is OCc1ccc(COc2ccc(F)nc2)cc1. The molecule has 2 rings (SSSR count). The van der Waals surface area contributed by atoms with Crippen molar-refractivity contribution in [3.8, 4) is 5.75 Å². The van der Waals surface area contributed by atoms with Gasteiger partial charge in [-0.1, -0.05) is 24.3 Å². The third-order valence-electron chi connectivity index (χ3n) is 2.31. The monoisotopic (exact) mass is 233 g/mol. The van der Waals surface area contributed by atoms with Crippen molar-refractivity contribution in [2.75, 3.05) is 0 Å². The molecular formula is C13H12FNO2. The van der Waals surface area contributed by atoms with Crippen LogP contribution in [-0.4, -0.2) is 10.1 Å². The highest BCUT2D eigenvalue weighted by Gasteiger charge is 1.98. The zero-order valence-corrected chi connectivity index (χ0v) is 9.14. The molecule has 0 radical (unpaired) electrons. The van der Waals surface area contributed by atoms with Crippen molar-refractivity contribution in [2.45, 2.75) is 13.2 Å². The molecule has 0 fully saturated rings. The van der Waals surface area contributed by atoms with Gasteiger partial charge in [0.25, 0.3) is 0 Å². The average Bonchev–Trinajstić information content (AvgIpc) is 2.39. The Kier molecular flexibility index (Phi) is 3.67. The Labute approximate surface area is 98.5 Å². The number of halogens is 1. The van der Waals surface area contributed by atoms with Crippen LogP contribution in [-0.2, 0) is 13.2 Å². The van der Waals surface area contributed by atoms with Gasteiger partial charge in [-0.15, -0.1) is 0 Å². The number of pyridine rings is 1. The predicted octanol–water partition coefficient (Wildman–Crippen LogP) is 2.29. The molecule has 88 valence electrons. The molecule has 0 atom stereocenters. The highest BCUT2D eigenvalue weighted by atomic mass is 19.1. The van der Waals surface area contributed by atoms with Crippen LogP contribution in [0.1, 0.15) is 11.1 Å². The second kappa shape index (κ2) is 5.41. The number of hydrogen-bond acceptors (Lipinski definition) is 3. The second-order valence-corrected chi connectivity index (χ2v) is 3.58. The van der Waals surface area contributed by atoms with E-state index in [0.717, 1.165) is 11.1 Å². The molecule has 1 aromatic carbocycles. The third-order valence-corrected chi connectivity index (χ3v) is 2.31. The molecule has 17 heavy (non-hydrogen) atoms. The maximum atomic E-state index is 12.5. The summed E-state index contributed by atoms with van der Waals surface area (Å²) in [5.41, 5.74) is 1.84. The van der Waals surface area contributed by atoms with Crippen molar-refractivity contribution in [1.29, 1.82) is 0 Å². The summed E-state index contributed by atoms with van der Waals surface area (Å²) in [7, 11) is 0. The van der Waals surface area contributed by atoms with Crippen molar-refractivity contribution in [3.63, 3.8) is 0 Å². The summed E-state index contributed by atoms with van der Waals surface area (Å²) in [5.74, 6) is 0.00211. The van der Waals surface area contributed by atoms with Crippen LogP contribution in [0.4, 0.5) is 4.39 Å². The molecule has 2 aromatic rings. The first-order valence-electron chi connectivity index (χ1n) is 5.21. The molecule has 0 bridgehead atoms. The fourth-order valence-corrected chi connectivity index (χ4v) is 1.36. The van der Waals surface area contributed by atoms with E-state index in [1.807, 2.05) is 24.3 Å². The molecule has 1 heterocycles. The molecule has 0 aliphatic carbocycles. The molecule has 4 heteroatoms. The second-order valence-electron chi connectivity index (χ2n) is 3.58. The average molecular weight is 233 g/mol. The Morgan fingerprint density at radius 2 is 1.76 bits per heavy atom. The maximum absolute atomic E-state index is 12.5. The van der Waals surface area contributed by atoms with Crippen molar-refractivity contribution < 1.29 is 14.2 Å². The van der Waals surface area contributed by atoms with Gasteiger partial charge in [0.15, 0.2) is 0 Å². The van der Waals surface area contributed by atoms with Crippen LogP contribution in [0.5, 0.6) is 5.75 Å². The van der Waals surface area contributed by atoms with Gasteiger partial charge >= 0.3 is 0 Å². The zero-order chi connectivity index (χ0) is 12.1. The van der Waals surface area contributed by atoms with E-state index in [0.29, 0.717) is 12.4 Å². The molecule has 1 aromatic heterocycles. The molecule has 0 aliphatic heterocycles. The van der Waals surface area contributed by atoms with Crippen LogP contribution in [0.3, 0.4) is 0 Å². The predicted molar refractivity (Wildman–Crippen MR) is 60.9 cm³/mol. The first-order valence-corrected chi connectivity index (χ1v) is 5.21. The Hall–Kier alpha value is -1.94. The van der Waals surface area contributed by atoms with E-state index in [2.05, 4.69) is 4.98 Å². The molecule has 3 nitrogen and oxygen atoms in total. The standard InChI is InChI=1S/C13H12FNO2/c14-13-6-5-12(7-15-13)17-9-11-3-1-10(8-16)2-4-11/h1-7,16H,8-9H2. The van der Waals surface area contributed by atoms with Gasteiger partial charge in [-0.2, -0.15) is 4.39 Å². The third kappa shape index (κ3) is 3.26. The van der Waals surface area contributed by atoms with Gasteiger partial charge in [0.05, 0.1) is 12.8 Å². The van der Waals surface area contributed by atoms with E-state index in [1.54, 1.807) is 0 Å². The first kappa shape index (κ1) is 11.5. The lowest BCUT2D eigenvalue weighted by atomic mass is 10.1. The molecule has 0 saturated carbocycles. The number of hydrogen-bond donors (Lipinski definition) is 1. The number of aliphatic hydroxyl groups excluding tert-OH is 1. The molecule has 0 unspecified atom stereocenters. The lowest BCUT2D eigenvalue weighted by Gasteiger charge is -2.06. The van der Waals surface area contributed by atoms with Gasteiger partial charge in [-0.3, -0.25) is 0 Å². The highest BCUT2D eigenvalue weighted by molar-refractivity contribution is 5.23. The molecule has 0 aliphatic rings.